The Labute approximate surface area is 126 Å². The molecule has 1 aliphatic carbocycles. The minimum absolute atomic E-state index is 0.140. The van der Waals surface area contributed by atoms with E-state index in [4.69, 9.17) is 4.42 Å². The molecule has 0 amide bonds. The molecule has 0 aliphatic heterocycles. The van der Waals surface area contributed by atoms with E-state index in [9.17, 15) is 34.5 Å². The van der Waals surface area contributed by atoms with Crippen molar-refractivity contribution in [2.24, 2.45) is 0 Å². The van der Waals surface area contributed by atoms with Gasteiger partial charge >= 0.3 is 0 Å². The van der Waals surface area contributed by atoms with Gasteiger partial charge in [-0.15, -0.1) is 0 Å². The minimum atomic E-state index is -1.19. The first kappa shape index (κ1) is 14.5. The Morgan fingerprint density at radius 1 is 1.00 bits per heavy atom. The van der Waals surface area contributed by atoms with Crippen molar-refractivity contribution in [3.63, 3.8) is 0 Å². The molecule has 1 aromatic carbocycles. The maximum atomic E-state index is 12.1. The number of benzene rings is 1. The summed E-state index contributed by atoms with van der Waals surface area (Å²) in [4.78, 5) is 46.2. The Morgan fingerprint density at radius 3 is 2.35 bits per heavy atom. The van der Waals surface area contributed by atoms with Crippen molar-refractivity contribution in [1.82, 2.24) is 0 Å². The molecule has 0 fully saturated rings. The molecular formula is C15H8O8. The molecule has 1 aliphatic rings. The predicted molar refractivity (Wildman–Crippen MR) is 75.1 cm³/mol. The van der Waals surface area contributed by atoms with Crippen LogP contribution in [0.1, 0.15) is 12.2 Å². The molecular weight excluding hydrogens is 308 g/mol. The highest BCUT2D eigenvalue weighted by Gasteiger charge is 2.31. The molecule has 3 rings (SSSR count). The SMILES string of the molecule is O=C1C=C(c2oc3cc(O)cc(O)c3c(=O)c2O)CC(=O)C1=O. The summed E-state index contributed by atoms with van der Waals surface area (Å²) in [6.07, 6.45) is 0.285. The van der Waals surface area contributed by atoms with Crippen molar-refractivity contribution >= 4 is 33.9 Å². The molecule has 0 saturated carbocycles. The molecule has 0 unspecified atom stereocenters. The van der Waals surface area contributed by atoms with Crippen molar-refractivity contribution in [3.8, 4) is 17.2 Å². The Balaban J connectivity index is 2.32. The van der Waals surface area contributed by atoms with Crippen LogP contribution in [-0.2, 0) is 14.4 Å². The number of phenols is 2. The molecule has 8 nitrogen and oxygen atoms in total. The summed E-state index contributed by atoms with van der Waals surface area (Å²) in [5.41, 5.74) is -1.40. The number of rotatable bonds is 1. The second-order valence-corrected chi connectivity index (χ2v) is 4.91. The number of phenolic OH excluding ortho intramolecular Hbond substituents is 2. The van der Waals surface area contributed by atoms with Crippen LogP contribution in [0, 0.1) is 0 Å². The van der Waals surface area contributed by atoms with Gasteiger partial charge in [-0.1, -0.05) is 0 Å². The summed E-state index contributed by atoms with van der Waals surface area (Å²) in [6.45, 7) is 0. The van der Waals surface area contributed by atoms with Gasteiger partial charge in [-0.3, -0.25) is 19.2 Å². The Morgan fingerprint density at radius 2 is 1.70 bits per heavy atom. The highest BCUT2D eigenvalue weighted by molar-refractivity contribution is 6.68. The summed E-state index contributed by atoms with van der Waals surface area (Å²) >= 11 is 0. The van der Waals surface area contributed by atoms with Crippen molar-refractivity contribution in [2.45, 2.75) is 6.42 Å². The van der Waals surface area contributed by atoms with Gasteiger partial charge < -0.3 is 19.7 Å². The third-order valence-electron chi connectivity index (χ3n) is 3.36. The van der Waals surface area contributed by atoms with Crippen LogP contribution in [-0.4, -0.2) is 32.7 Å². The van der Waals surface area contributed by atoms with Crippen LogP contribution in [0.25, 0.3) is 16.5 Å². The lowest BCUT2D eigenvalue weighted by Gasteiger charge is -2.12. The van der Waals surface area contributed by atoms with E-state index in [1.54, 1.807) is 0 Å². The molecule has 2 aromatic rings. The zero-order valence-electron chi connectivity index (χ0n) is 11.3. The zero-order chi connectivity index (χ0) is 16.9. The molecule has 0 bridgehead atoms. The summed E-state index contributed by atoms with van der Waals surface area (Å²) < 4.78 is 5.25. The van der Waals surface area contributed by atoms with Crippen LogP contribution < -0.4 is 5.43 Å². The highest BCUT2D eigenvalue weighted by Crippen LogP contribution is 2.34. The lowest BCUT2D eigenvalue weighted by molar-refractivity contribution is -0.142. The van der Waals surface area contributed by atoms with Gasteiger partial charge in [-0.25, -0.2) is 0 Å². The van der Waals surface area contributed by atoms with Gasteiger partial charge in [0.05, 0.1) is 0 Å². The fraction of sp³-hybridized carbons (Fsp3) is 0.0667. The fourth-order valence-corrected chi connectivity index (χ4v) is 2.30. The Bertz CT molecular complexity index is 993. The molecule has 23 heavy (non-hydrogen) atoms. The van der Waals surface area contributed by atoms with Crippen LogP contribution in [0.15, 0.2) is 27.4 Å². The lowest BCUT2D eigenvalue weighted by Crippen LogP contribution is -2.26. The van der Waals surface area contributed by atoms with Gasteiger partial charge in [0.2, 0.25) is 22.7 Å². The van der Waals surface area contributed by atoms with Crippen LogP contribution in [0.3, 0.4) is 0 Å². The number of carbonyl (C=O) groups is 3. The van der Waals surface area contributed by atoms with Crippen LogP contribution in [0.2, 0.25) is 0 Å². The lowest BCUT2D eigenvalue weighted by atomic mass is 9.94. The average Bonchev–Trinajstić information content (AvgIpc) is 2.47. The maximum absolute atomic E-state index is 12.1. The van der Waals surface area contributed by atoms with E-state index in [0.717, 1.165) is 18.2 Å². The standard InChI is InChI=1S/C15H8O8/c16-6-3-7(17)11-10(4-6)23-15(14(22)13(11)21)5-1-8(18)12(20)9(19)2-5/h1,3-4,16-17,22H,2H2. The molecule has 0 radical (unpaired) electrons. The van der Waals surface area contributed by atoms with Gasteiger partial charge in [-0.2, -0.15) is 0 Å². The van der Waals surface area contributed by atoms with Crippen molar-refractivity contribution in [1.29, 1.82) is 0 Å². The van der Waals surface area contributed by atoms with E-state index in [-0.39, 0.29) is 16.5 Å². The molecule has 1 aromatic heterocycles. The summed E-state index contributed by atoms with van der Waals surface area (Å²) in [6, 6.07) is 1.92. The average molecular weight is 316 g/mol. The van der Waals surface area contributed by atoms with Crippen LogP contribution in [0.5, 0.6) is 17.2 Å². The van der Waals surface area contributed by atoms with Gasteiger partial charge in [0.15, 0.2) is 5.76 Å². The van der Waals surface area contributed by atoms with Gasteiger partial charge in [0.1, 0.15) is 22.5 Å². The van der Waals surface area contributed by atoms with E-state index in [0.29, 0.717) is 0 Å². The molecule has 3 N–H and O–H groups in total. The minimum Gasteiger partial charge on any atom is -0.508 e. The quantitative estimate of drug-likeness (QED) is 0.642. The van der Waals surface area contributed by atoms with Gasteiger partial charge in [0, 0.05) is 24.1 Å². The van der Waals surface area contributed by atoms with Crippen LogP contribution >= 0.6 is 0 Å². The first-order valence-corrected chi connectivity index (χ1v) is 6.33. The number of allylic oxidation sites excluding steroid dienone is 2. The zero-order valence-corrected chi connectivity index (χ0v) is 11.3. The second kappa shape index (κ2) is 4.80. The largest absolute Gasteiger partial charge is 0.508 e. The van der Waals surface area contributed by atoms with Crippen molar-refractivity contribution in [2.75, 3.05) is 0 Å². The molecule has 8 heteroatoms. The third kappa shape index (κ3) is 2.16. The molecule has 0 atom stereocenters. The number of carbonyl (C=O) groups excluding carboxylic acids is 3. The topological polar surface area (TPSA) is 142 Å². The number of Topliss-reactive ketones (excluding diaryl/α,β-unsaturated/α-hetero) is 2. The molecule has 116 valence electrons. The van der Waals surface area contributed by atoms with E-state index in [2.05, 4.69) is 0 Å². The molecule has 0 spiro atoms. The maximum Gasteiger partial charge on any atom is 0.268 e. The number of hydrogen-bond donors (Lipinski definition) is 3. The normalized spacial score (nSPS) is 15.1. The van der Waals surface area contributed by atoms with E-state index < -0.39 is 52.2 Å². The predicted octanol–water partition coefficient (Wildman–Crippen LogP) is 0.404. The number of hydrogen-bond acceptors (Lipinski definition) is 8. The Hall–Kier alpha value is -3.42. The van der Waals surface area contributed by atoms with E-state index in [1.807, 2.05) is 0 Å². The summed E-state index contributed by atoms with van der Waals surface area (Å²) in [7, 11) is 0. The monoisotopic (exact) mass is 316 g/mol. The number of ketones is 3. The van der Waals surface area contributed by atoms with E-state index in [1.165, 1.54) is 0 Å². The van der Waals surface area contributed by atoms with Gasteiger partial charge in [0.25, 0.3) is 5.78 Å². The summed E-state index contributed by atoms with van der Waals surface area (Å²) in [5, 5.41) is 28.7. The van der Waals surface area contributed by atoms with Crippen molar-refractivity contribution < 1.29 is 34.1 Å². The van der Waals surface area contributed by atoms with Crippen molar-refractivity contribution in [3.05, 3.63) is 34.2 Å². The third-order valence-corrected chi connectivity index (χ3v) is 3.36. The van der Waals surface area contributed by atoms with Gasteiger partial charge in [-0.05, 0) is 6.08 Å². The summed E-state index contributed by atoms with van der Waals surface area (Å²) in [5.74, 6) is -5.65. The smallest absolute Gasteiger partial charge is 0.268 e. The fourth-order valence-electron chi connectivity index (χ4n) is 2.30. The number of fused-ring (bicyclic) bond motifs is 1. The number of aromatic hydroxyl groups is 3. The van der Waals surface area contributed by atoms with E-state index >= 15 is 0 Å². The highest BCUT2D eigenvalue weighted by atomic mass is 16.4. The molecule has 1 heterocycles. The van der Waals surface area contributed by atoms with Crippen LogP contribution in [0.4, 0.5) is 0 Å². The first-order chi connectivity index (χ1) is 10.8. The first-order valence-electron chi connectivity index (χ1n) is 6.33. The second-order valence-electron chi connectivity index (χ2n) is 4.91. The Kier molecular flexibility index (Phi) is 3.03. The molecule has 0 saturated heterocycles.